The zero-order chi connectivity index (χ0) is 12.6. The van der Waals surface area contributed by atoms with Gasteiger partial charge in [-0.25, -0.2) is 0 Å². The summed E-state index contributed by atoms with van der Waals surface area (Å²) in [4.78, 5) is 2.52. The van der Waals surface area contributed by atoms with Crippen molar-refractivity contribution < 1.29 is 9.47 Å². The zero-order valence-corrected chi connectivity index (χ0v) is 11.7. The fraction of sp³-hybridized carbons (Fsp3) is 1.00. The smallest absolute Gasteiger partial charge is 0.0702 e. The van der Waals surface area contributed by atoms with Crippen LogP contribution in [0.4, 0.5) is 0 Å². The van der Waals surface area contributed by atoms with Crippen LogP contribution in [-0.4, -0.2) is 63.5 Å². The Kier molecular flexibility index (Phi) is 6.41. The van der Waals surface area contributed by atoms with E-state index in [1.165, 1.54) is 38.6 Å². The molecule has 2 atom stereocenters. The topological polar surface area (TPSA) is 33.7 Å². The number of hydrogen-bond donors (Lipinski definition) is 1. The maximum atomic E-state index is 5.85. The molecular formula is C14H28N2O2. The van der Waals surface area contributed by atoms with Gasteiger partial charge in [-0.1, -0.05) is 0 Å². The number of methoxy groups -OCH3 is 1. The van der Waals surface area contributed by atoms with E-state index in [1.54, 1.807) is 7.11 Å². The van der Waals surface area contributed by atoms with Crippen LogP contribution in [0, 0.1) is 0 Å². The van der Waals surface area contributed by atoms with Gasteiger partial charge in [0.2, 0.25) is 0 Å². The van der Waals surface area contributed by atoms with Crippen molar-refractivity contribution in [1.29, 1.82) is 0 Å². The van der Waals surface area contributed by atoms with Gasteiger partial charge in [-0.15, -0.1) is 0 Å². The maximum Gasteiger partial charge on any atom is 0.0702 e. The molecule has 0 bridgehead atoms. The van der Waals surface area contributed by atoms with Crippen LogP contribution >= 0.6 is 0 Å². The number of nitrogens with one attached hydrogen (secondary N) is 1. The molecule has 2 saturated heterocycles. The molecule has 0 aromatic heterocycles. The lowest BCUT2D eigenvalue weighted by Gasteiger charge is -2.31. The third-order valence-electron chi connectivity index (χ3n) is 3.99. The van der Waals surface area contributed by atoms with Gasteiger partial charge >= 0.3 is 0 Å². The van der Waals surface area contributed by atoms with E-state index in [0.717, 1.165) is 32.8 Å². The quantitative estimate of drug-likeness (QED) is 0.743. The Hall–Kier alpha value is -0.160. The van der Waals surface area contributed by atoms with Gasteiger partial charge in [0.25, 0.3) is 0 Å². The molecule has 0 aromatic carbocycles. The molecule has 2 unspecified atom stereocenters. The summed E-state index contributed by atoms with van der Waals surface area (Å²) < 4.78 is 11.1. The van der Waals surface area contributed by atoms with Crippen molar-refractivity contribution in [1.82, 2.24) is 10.2 Å². The Labute approximate surface area is 111 Å². The highest BCUT2D eigenvalue weighted by Gasteiger charge is 2.21. The summed E-state index contributed by atoms with van der Waals surface area (Å²) in [7, 11) is 1.78. The fourth-order valence-electron chi connectivity index (χ4n) is 2.94. The molecule has 0 aromatic rings. The van der Waals surface area contributed by atoms with Crippen molar-refractivity contribution in [3.63, 3.8) is 0 Å². The third kappa shape index (κ3) is 4.84. The summed E-state index contributed by atoms with van der Waals surface area (Å²) in [5, 5.41) is 3.58. The second-order valence-electron chi connectivity index (χ2n) is 5.53. The van der Waals surface area contributed by atoms with Gasteiger partial charge in [-0.2, -0.15) is 0 Å². The van der Waals surface area contributed by atoms with Crippen molar-refractivity contribution in [2.75, 3.05) is 46.5 Å². The van der Waals surface area contributed by atoms with Gasteiger partial charge in [0.15, 0.2) is 0 Å². The standard InChI is InChI=1S/C14H28N2O2/c1-17-10-8-16(11-13-5-4-7-15-13)12-14-6-2-3-9-18-14/h13-15H,2-12H2,1H3. The van der Waals surface area contributed by atoms with E-state index in [9.17, 15) is 0 Å². The lowest BCUT2D eigenvalue weighted by Crippen LogP contribution is -2.43. The van der Waals surface area contributed by atoms with Gasteiger partial charge in [0.05, 0.1) is 12.7 Å². The second-order valence-corrected chi connectivity index (χ2v) is 5.53. The van der Waals surface area contributed by atoms with Crippen molar-refractivity contribution in [3.8, 4) is 0 Å². The molecule has 106 valence electrons. The number of ether oxygens (including phenoxy) is 2. The van der Waals surface area contributed by atoms with Crippen LogP contribution in [0.1, 0.15) is 32.1 Å². The Balaban J connectivity index is 1.74. The van der Waals surface area contributed by atoms with E-state index >= 15 is 0 Å². The van der Waals surface area contributed by atoms with Crippen LogP contribution in [0.5, 0.6) is 0 Å². The van der Waals surface area contributed by atoms with E-state index < -0.39 is 0 Å². The average molecular weight is 256 g/mol. The largest absolute Gasteiger partial charge is 0.383 e. The van der Waals surface area contributed by atoms with E-state index in [2.05, 4.69) is 10.2 Å². The van der Waals surface area contributed by atoms with Crippen molar-refractivity contribution in [2.45, 2.75) is 44.2 Å². The molecule has 2 aliphatic heterocycles. The van der Waals surface area contributed by atoms with Gasteiger partial charge in [0, 0.05) is 39.4 Å². The summed E-state index contributed by atoms with van der Waals surface area (Å²) in [6, 6.07) is 0.672. The molecule has 2 aliphatic rings. The highest BCUT2D eigenvalue weighted by molar-refractivity contribution is 4.79. The summed E-state index contributed by atoms with van der Waals surface area (Å²) in [6.45, 7) is 6.19. The van der Waals surface area contributed by atoms with E-state index in [4.69, 9.17) is 9.47 Å². The average Bonchev–Trinajstić information content (AvgIpc) is 2.90. The first kappa shape index (κ1) is 14.3. The Morgan fingerprint density at radius 1 is 1.22 bits per heavy atom. The number of hydrogen-bond acceptors (Lipinski definition) is 4. The summed E-state index contributed by atoms with van der Waals surface area (Å²) in [5.74, 6) is 0. The Morgan fingerprint density at radius 2 is 2.17 bits per heavy atom. The molecule has 0 radical (unpaired) electrons. The summed E-state index contributed by atoms with van der Waals surface area (Å²) in [5.41, 5.74) is 0. The number of rotatable bonds is 7. The summed E-state index contributed by atoms with van der Waals surface area (Å²) >= 11 is 0. The maximum absolute atomic E-state index is 5.85. The normalized spacial score (nSPS) is 29.0. The first-order valence-corrected chi connectivity index (χ1v) is 7.45. The van der Waals surface area contributed by atoms with Crippen LogP contribution in [0.2, 0.25) is 0 Å². The van der Waals surface area contributed by atoms with E-state index in [0.29, 0.717) is 12.1 Å². The second kappa shape index (κ2) is 8.10. The van der Waals surface area contributed by atoms with Crippen LogP contribution in [0.3, 0.4) is 0 Å². The molecular weight excluding hydrogens is 228 g/mol. The molecule has 2 heterocycles. The minimum atomic E-state index is 0.442. The molecule has 2 rings (SSSR count). The predicted octanol–water partition coefficient (Wildman–Crippen LogP) is 1.26. The SMILES string of the molecule is COCCN(CC1CCCN1)CC1CCCCO1. The highest BCUT2D eigenvalue weighted by atomic mass is 16.5. The molecule has 0 amide bonds. The van der Waals surface area contributed by atoms with E-state index in [1.807, 2.05) is 0 Å². The van der Waals surface area contributed by atoms with Gasteiger partial charge < -0.3 is 14.8 Å². The monoisotopic (exact) mass is 256 g/mol. The van der Waals surface area contributed by atoms with Gasteiger partial charge in [-0.3, -0.25) is 4.90 Å². The van der Waals surface area contributed by atoms with Crippen molar-refractivity contribution >= 4 is 0 Å². The summed E-state index contributed by atoms with van der Waals surface area (Å²) in [6.07, 6.45) is 6.86. The van der Waals surface area contributed by atoms with Crippen molar-refractivity contribution in [2.24, 2.45) is 0 Å². The number of nitrogens with zero attached hydrogens (tertiary/aromatic N) is 1. The lowest BCUT2D eigenvalue weighted by molar-refractivity contribution is -0.0104. The first-order valence-electron chi connectivity index (χ1n) is 7.45. The van der Waals surface area contributed by atoms with Crippen LogP contribution in [0.25, 0.3) is 0 Å². The third-order valence-corrected chi connectivity index (χ3v) is 3.99. The minimum Gasteiger partial charge on any atom is -0.383 e. The highest BCUT2D eigenvalue weighted by Crippen LogP contribution is 2.15. The fourth-order valence-corrected chi connectivity index (χ4v) is 2.94. The van der Waals surface area contributed by atoms with Crippen molar-refractivity contribution in [3.05, 3.63) is 0 Å². The Bertz CT molecular complexity index is 214. The molecule has 0 aliphatic carbocycles. The molecule has 4 heteroatoms. The first-order chi connectivity index (χ1) is 8.88. The van der Waals surface area contributed by atoms with E-state index in [-0.39, 0.29) is 0 Å². The molecule has 4 nitrogen and oxygen atoms in total. The molecule has 2 fully saturated rings. The Morgan fingerprint density at radius 3 is 2.83 bits per heavy atom. The van der Waals surface area contributed by atoms with Gasteiger partial charge in [0.1, 0.15) is 0 Å². The minimum absolute atomic E-state index is 0.442. The zero-order valence-electron chi connectivity index (χ0n) is 11.7. The van der Waals surface area contributed by atoms with Crippen LogP contribution < -0.4 is 5.32 Å². The molecule has 0 spiro atoms. The molecule has 18 heavy (non-hydrogen) atoms. The molecule has 1 N–H and O–H groups in total. The predicted molar refractivity (Wildman–Crippen MR) is 72.9 cm³/mol. The van der Waals surface area contributed by atoms with Crippen LogP contribution in [0.15, 0.2) is 0 Å². The van der Waals surface area contributed by atoms with Gasteiger partial charge in [-0.05, 0) is 38.6 Å². The van der Waals surface area contributed by atoms with Crippen LogP contribution in [-0.2, 0) is 9.47 Å². The lowest BCUT2D eigenvalue weighted by atomic mass is 10.1. The molecule has 0 saturated carbocycles.